The first kappa shape index (κ1) is 12.2. The molecule has 0 aromatic carbocycles. The second kappa shape index (κ2) is 5.36. The molecule has 2 rings (SSSR count). The topological polar surface area (TPSA) is 45.5 Å². The maximum absolute atomic E-state index is 11.4. The van der Waals surface area contributed by atoms with Gasteiger partial charge in [0, 0.05) is 26.1 Å². The number of amides is 1. The van der Waals surface area contributed by atoms with Crippen LogP contribution in [0.2, 0.25) is 0 Å². The third-order valence-corrected chi connectivity index (χ3v) is 3.36. The van der Waals surface area contributed by atoms with Gasteiger partial charge in [0.2, 0.25) is 5.91 Å². The first-order valence-corrected chi connectivity index (χ1v) is 6.24. The van der Waals surface area contributed by atoms with Crippen LogP contribution in [0.1, 0.15) is 38.0 Å². The summed E-state index contributed by atoms with van der Waals surface area (Å²) in [6.07, 6.45) is 4.25. The van der Waals surface area contributed by atoms with E-state index in [1.165, 1.54) is 0 Å². The normalized spacial score (nSPS) is 22.8. The highest BCUT2D eigenvalue weighted by molar-refractivity contribution is 5.76. The lowest BCUT2D eigenvalue weighted by atomic mass is 10.0. The molecule has 0 saturated carbocycles. The number of hydrogen-bond acceptors (Lipinski definition) is 3. The standard InChI is InChI=1S/C13H20N2O2/c1-3-11(12-5-4-8-17-12)14-10-6-7-13(16)15(2)9-10/h4-5,8,10-11,14H,3,6-7,9H2,1-2H3. The molecule has 1 N–H and O–H groups in total. The molecule has 1 saturated heterocycles. The Morgan fingerprint density at radius 2 is 2.47 bits per heavy atom. The van der Waals surface area contributed by atoms with E-state index < -0.39 is 0 Å². The lowest BCUT2D eigenvalue weighted by Crippen LogP contribution is -2.47. The average Bonchev–Trinajstić information content (AvgIpc) is 2.84. The number of furan rings is 1. The maximum Gasteiger partial charge on any atom is 0.222 e. The largest absolute Gasteiger partial charge is 0.468 e. The molecule has 4 heteroatoms. The second-order valence-corrected chi connectivity index (χ2v) is 4.65. The quantitative estimate of drug-likeness (QED) is 0.869. The summed E-state index contributed by atoms with van der Waals surface area (Å²) in [5, 5.41) is 3.57. The second-order valence-electron chi connectivity index (χ2n) is 4.65. The van der Waals surface area contributed by atoms with Gasteiger partial charge >= 0.3 is 0 Å². The van der Waals surface area contributed by atoms with E-state index in [4.69, 9.17) is 4.42 Å². The van der Waals surface area contributed by atoms with Gasteiger partial charge in [0.25, 0.3) is 0 Å². The van der Waals surface area contributed by atoms with Gasteiger partial charge in [-0.1, -0.05) is 6.92 Å². The Kier molecular flexibility index (Phi) is 3.84. The van der Waals surface area contributed by atoms with Crippen molar-refractivity contribution in [3.05, 3.63) is 24.2 Å². The van der Waals surface area contributed by atoms with Crippen molar-refractivity contribution in [2.75, 3.05) is 13.6 Å². The Labute approximate surface area is 102 Å². The van der Waals surface area contributed by atoms with Gasteiger partial charge in [0.1, 0.15) is 5.76 Å². The minimum atomic E-state index is 0.245. The molecule has 2 unspecified atom stereocenters. The molecule has 0 aliphatic carbocycles. The number of hydrogen-bond donors (Lipinski definition) is 1. The molecule has 1 fully saturated rings. The predicted molar refractivity (Wildman–Crippen MR) is 65.5 cm³/mol. The summed E-state index contributed by atoms with van der Waals surface area (Å²) in [6.45, 7) is 2.92. The van der Waals surface area contributed by atoms with Crippen LogP contribution in [0.4, 0.5) is 0 Å². The third kappa shape index (κ3) is 2.88. The van der Waals surface area contributed by atoms with Gasteiger partial charge in [-0.25, -0.2) is 0 Å². The molecule has 2 atom stereocenters. The van der Waals surface area contributed by atoms with Crippen LogP contribution in [-0.2, 0) is 4.79 Å². The van der Waals surface area contributed by atoms with Crippen LogP contribution in [-0.4, -0.2) is 30.4 Å². The Morgan fingerprint density at radius 3 is 3.06 bits per heavy atom. The van der Waals surface area contributed by atoms with Crippen molar-refractivity contribution in [2.45, 2.75) is 38.3 Å². The fourth-order valence-electron chi connectivity index (χ4n) is 2.32. The van der Waals surface area contributed by atoms with Gasteiger partial charge in [-0.3, -0.25) is 4.79 Å². The predicted octanol–water partition coefficient (Wildman–Crippen LogP) is 1.94. The van der Waals surface area contributed by atoms with Crippen molar-refractivity contribution >= 4 is 5.91 Å². The Morgan fingerprint density at radius 1 is 1.65 bits per heavy atom. The van der Waals surface area contributed by atoms with Crippen LogP contribution in [0.5, 0.6) is 0 Å². The van der Waals surface area contributed by atoms with Gasteiger partial charge in [0.15, 0.2) is 0 Å². The minimum absolute atomic E-state index is 0.245. The van der Waals surface area contributed by atoms with E-state index in [0.717, 1.165) is 25.1 Å². The third-order valence-electron chi connectivity index (χ3n) is 3.36. The molecule has 1 aliphatic heterocycles. The van der Waals surface area contributed by atoms with Crippen molar-refractivity contribution < 1.29 is 9.21 Å². The van der Waals surface area contributed by atoms with Crippen LogP contribution in [0.15, 0.2) is 22.8 Å². The number of likely N-dealkylation sites (N-methyl/N-ethyl adjacent to an activating group) is 1. The van der Waals surface area contributed by atoms with Crippen molar-refractivity contribution in [3.63, 3.8) is 0 Å². The number of nitrogens with one attached hydrogen (secondary N) is 1. The van der Waals surface area contributed by atoms with Crippen LogP contribution >= 0.6 is 0 Å². The Hall–Kier alpha value is -1.29. The molecule has 1 amide bonds. The fourth-order valence-corrected chi connectivity index (χ4v) is 2.32. The lowest BCUT2D eigenvalue weighted by molar-refractivity contribution is -0.132. The fraction of sp³-hybridized carbons (Fsp3) is 0.615. The zero-order valence-electron chi connectivity index (χ0n) is 10.5. The van der Waals surface area contributed by atoms with Gasteiger partial charge in [-0.15, -0.1) is 0 Å². The van der Waals surface area contributed by atoms with Crippen molar-refractivity contribution in [1.82, 2.24) is 10.2 Å². The van der Waals surface area contributed by atoms with Crippen LogP contribution in [0.3, 0.4) is 0 Å². The summed E-state index contributed by atoms with van der Waals surface area (Å²) < 4.78 is 5.43. The summed E-state index contributed by atoms with van der Waals surface area (Å²) in [4.78, 5) is 13.2. The molecular weight excluding hydrogens is 216 g/mol. The Bertz CT molecular complexity index is 362. The summed E-state index contributed by atoms with van der Waals surface area (Å²) >= 11 is 0. The highest BCUT2D eigenvalue weighted by Crippen LogP contribution is 2.20. The number of piperidine rings is 1. The van der Waals surface area contributed by atoms with Gasteiger partial charge in [0.05, 0.1) is 12.3 Å². The van der Waals surface area contributed by atoms with Crippen molar-refractivity contribution in [1.29, 1.82) is 0 Å². The van der Waals surface area contributed by atoms with E-state index in [1.807, 2.05) is 19.2 Å². The highest BCUT2D eigenvalue weighted by atomic mass is 16.3. The Balaban J connectivity index is 1.93. The SMILES string of the molecule is CCC(NC1CCC(=O)N(C)C1)c1ccco1. The molecular formula is C13H20N2O2. The average molecular weight is 236 g/mol. The smallest absolute Gasteiger partial charge is 0.222 e. The molecule has 17 heavy (non-hydrogen) atoms. The summed E-state index contributed by atoms with van der Waals surface area (Å²) in [5.41, 5.74) is 0. The van der Waals surface area contributed by atoms with Crippen LogP contribution < -0.4 is 5.32 Å². The highest BCUT2D eigenvalue weighted by Gasteiger charge is 2.25. The molecule has 1 aliphatic rings. The molecule has 0 spiro atoms. The van der Waals surface area contributed by atoms with Crippen LogP contribution in [0.25, 0.3) is 0 Å². The number of carbonyl (C=O) groups excluding carboxylic acids is 1. The summed E-state index contributed by atoms with van der Waals surface area (Å²) in [7, 11) is 1.87. The molecule has 1 aromatic rings. The van der Waals surface area contributed by atoms with E-state index in [-0.39, 0.29) is 11.9 Å². The number of rotatable bonds is 4. The minimum Gasteiger partial charge on any atom is -0.468 e. The van der Waals surface area contributed by atoms with E-state index in [0.29, 0.717) is 12.5 Å². The van der Waals surface area contributed by atoms with Gasteiger partial charge in [-0.2, -0.15) is 0 Å². The van der Waals surface area contributed by atoms with Gasteiger partial charge < -0.3 is 14.6 Å². The molecule has 0 radical (unpaired) electrons. The summed E-state index contributed by atoms with van der Waals surface area (Å²) in [5.74, 6) is 1.22. The van der Waals surface area contributed by atoms with E-state index in [1.54, 1.807) is 11.2 Å². The van der Waals surface area contributed by atoms with E-state index in [9.17, 15) is 4.79 Å². The molecule has 0 bridgehead atoms. The first-order valence-electron chi connectivity index (χ1n) is 6.24. The van der Waals surface area contributed by atoms with Gasteiger partial charge in [-0.05, 0) is 25.0 Å². The van der Waals surface area contributed by atoms with Crippen LogP contribution in [0, 0.1) is 0 Å². The van der Waals surface area contributed by atoms with Crippen molar-refractivity contribution in [3.8, 4) is 0 Å². The van der Waals surface area contributed by atoms with E-state index >= 15 is 0 Å². The first-order chi connectivity index (χ1) is 8.20. The van der Waals surface area contributed by atoms with E-state index in [2.05, 4.69) is 12.2 Å². The molecule has 4 nitrogen and oxygen atoms in total. The number of likely N-dealkylation sites (tertiary alicyclic amines) is 1. The van der Waals surface area contributed by atoms with Crippen molar-refractivity contribution in [2.24, 2.45) is 0 Å². The maximum atomic E-state index is 11.4. The zero-order valence-corrected chi connectivity index (χ0v) is 10.5. The summed E-state index contributed by atoms with van der Waals surface area (Å²) in [6, 6.07) is 4.53. The molecule has 94 valence electrons. The molecule has 1 aromatic heterocycles. The lowest BCUT2D eigenvalue weighted by Gasteiger charge is -2.32. The number of carbonyl (C=O) groups is 1. The monoisotopic (exact) mass is 236 g/mol. The zero-order chi connectivity index (χ0) is 12.3. The number of nitrogens with zero attached hydrogens (tertiary/aromatic N) is 1. The molecule has 2 heterocycles.